The maximum Gasteiger partial charge on any atom is 0.323 e. The molecule has 0 aromatic heterocycles. The third-order valence-electron chi connectivity index (χ3n) is 3.13. The summed E-state index contributed by atoms with van der Waals surface area (Å²) in [4.78, 5) is 22.8. The largest absolute Gasteiger partial charge is 0.462 e. The van der Waals surface area contributed by atoms with E-state index >= 15 is 0 Å². The molecule has 27 heavy (non-hydrogen) atoms. The first-order chi connectivity index (χ1) is 13.0. The predicted molar refractivity (Wildman–Crippen MR) is 100.0 cm³/mol. The van der Waals surface area contributed by atoms with E-state index in [1.807, 2.05) is 0 Å². The minimum absolute atomic E-state index is 0.141. The average Bonchev–Trinajstić information content (AvgIpc) is 2.65. The van der Waals surface area contributed by atoms with E-state index in [-0.39, 0.29) is 26.4 Å². The van der Waals surface area contributed by atoms with Gasteiger partial charge in [-0.3, -0.25) is 9.59 Å². The van der Waals surface area contributed by atoms with Crippen LogP contribution in [0.1, 0.15) is 12.8 Å². The molecule has 0 aliphatic carbocycles. The molecule has 0 spiro atoms. The van der Waals surface area contributed by atoms with Crippen LogP contribution in [0.2, 0.25) is 0 Å². The van der Waals surface area contributed by atoms with Crippen molar-refractivity contribution in [3.05, 3.63) is 25.3 Å². The second-order valence-corrected chi connectivity index (χ2v) is 5.43. The highest BCUT2D eigenvalue weighted by Gasteiger charge is 2.13. The standard InChI is InChI=1S/C18H32N2O7/c1-3-5-15(19)17(21)26-13-11-24-9-7-23-8-10-25-12-14-27-18(22)16(20)6-4-2/h3-4,15-16H,1-2,5-14,19-20H2. The van der Waals surface area contributed by atoms with E-state index in [1.165, 1.54) is 0 Å². The molecule has 0 aromatic rings. The second kappa shape index (κ2) is 17.6. The Morgan fingerprint density at radius 1 is 0.667 bits per heavy atom. The summed E-state index contributed by atoms with van der Waals surface area (Å²) in [5.74, 6) is -0.944. The normalized spacial score (nSPS) is 12.8. The lowest BCUT2D eigenvalue weighted by molar-refractivity contribution is -0.147. The summed E-state index contributed by atoms with van der Waals surface area (Å²) >= 11 is 0. The van der Waals surface area contributed by atoms with Crippen molar-refractivity contribution in [3.8, 4) is 0 Å². The van der Waals surface area contributed by atoms with Crippen molar-refractivity contribution in [1.29, 1.82) is 0 Å². The van der Waals surface area contributed by atoms with Crippen molar-refractivity contribution in [2.45, 2.75) is 24.9 Å². The number of hydrogen-bond acceptors (Lipinski definition) is 9. The molecule has 156 valence electrons. The van der Waals surface area contributed by atoms with Gasteiger partial charge in [0.2, 0.25) is 0 Å². The van der Waals surface area contributed by atoms with Crippen LogP contribution in [0.3, 0.4) is 0 Å². The van der Waals surface area contributed by atoms with Gasteiger partial charge in [0.15, 0.2) is 0 Å². The van der Waals surface area contributed by atoms with Crippen molar-refractivity contribution in [1.82, 2.24) is 0 Å². The summed E-state index contributed by atoms with van der Waals surface area (Å²) in [6.45, 7) is 9.35. The average molecular weight is 388 g/mol. The van der Waals surface area contributed by atoms with E-state index in [1.54, 1.807) is 12.2 Å². The molecule has 0 saturated heterocycles. The van der Waals surface area contributed by atoms with E-state index in [0.29, 0.717) is 39.3 Å². The first-order valence-corrected chi connectivity index (χ1v) is 8.82. The third kappa shape index (κ3) is 15.0. The first-order valence-electron chi connectivity index (χ1n) is 8.82. The van der Waals surface area contributed by atoms with Gasteiger partial charge in [0.05, 0.1) is 39.6 Å². The number of rotatable bonds is 18. The molecule has 0 amide bonds. The zero-order valence-electron chi connectivity index (χ0n) is 15.8. The Morgan fingerprint density at radius 3 is 1.26 bits per heavy atom. The summed E-state index contributed by atoms with van der Waals surface area (Å²) in [7, 11) is 0. The van der Waals surface area contributed by atoms with Crippen LogP contribution in [0, 0.1) is 0 Å². The number of carbonyl (C=O) groups is 2. The van der Waals surface area contributed by atoms with Crippen LogP contribution < -0.4 is 11.5 Å². The maximum absolute atomic E-state index is 11.4. The Hall–Kier alpha value is -1.78. The Kier molecular flexibility index (Phi) is 16.5. The molecule has 0 aliphatic heterocycles. The molecule has 0 aliphatic rings. The Labute approximate surface area is 160 Å². The topological polar surface area (TPSA) is 132 Å². The van der Waals surface area contributed by atoms with E-state index in [9.17, 15) is 9.59 Å². The molecule has 0 heterocycles. The summed E-state index contributed by atoms with van der Waals surface area (Å²) < 4.78 is 25.7. The highest BCUT2D eigenvalue weighted by molar-refractivity contribution is 5.76. The molecule has 4 N–H and O–H groups in total. The second-order valence-electron chi connectivity index (χ2n) is 5.43. The van der Waals surface area contributed by atoms with Crippen molar-refractivity contribution in [3.63, 3.8) is 0 Å². The van der Waals surface area contributed by atoms with Crippen molar-refractivity contribution in [2.24, 2.45) is 11.5 Å². The van der Waals surface area contributed by atoms with Crippen molar-refractivity contribution in [2.75, 3.05) is 52.9 Å². The van der Waals surface area contributed by atoms with Gasteiger partial charge in [-0.25, -0.2) is 0 Å². The van der Waals surface area contributed by atoms with E-state index in [0.717, 1.165) is 0 Å². The quantitative estimate of drug-likeness (QED) is 0.188. The van der Waals surface area contributed by atoms with Gasteiger partial charge in [-0.15, -0.1) is 13.2 Å². The zero-order chi connectivity index (χ0) is 20.3. The van der Waals surface area contributed by atoms with Crippen LogP contribution >= 0.6 is 0 Å². The fourth-order valence-electron chi connectivity index (χ4n) is 1.71. The minimum Gasteiger partial charge on any atom is -0.462 e. The minimum atomic E-state index is -0.682. The number of ether oxygens (including phenoxy) is 5. The molecular formula is C18H32N2O7. The van der Waals surface area contributed by atoms with E-state index in [2.05, 4.69) is 13.2 Å². The smallest absolute Gasteiger partial charge is 0.323 e. The summed E-state index contributed by atoms with van der Waals surface area (Å²) in [5, 5.41) is 0. The van der Waals surface area contributed by atoms with Crippen LogP contribution in [0.4, 0.5) is 0 Å². The van der Waals surface area contributed by atoms with Gasteiger partial charge in [-0.1, -0.05) is 12.2 Å². The fourth-order valence-corrected chi connectivity index (χ4v) is 1.71. The molecule has 9 nitrogen and oxygen atoms in total. The lowest BCUT2D eigenvalue weighted by Gasteiger charge is -2.10. The molecule has 2 atom stereocenters. The highest BCUT2D eigenvalue weighted by Crippen LogP contribution is 1.94. The number of esters is 2. The molecule has 0 aromatic carbocycles. The van der Waals surface area contributed by atoms with Gasteiger partial charge in [0.1, 0.15) is 25.3 Å². The number of hydrogen-bond donors (Lipinski definition) is 2. The molecule has 0 radical (unpaired) electrons. The predicted octanol–water partition coefficient (Wildman–Crippen LogP) is -0.0706. The molecule has 9 heteroatoms. The summed E-state index contributed by atoms with van der Waals surface area (Å²) in [6.07, 6.45) is 3.88. The zero-order valence-corrected chi connectivity index (χ0v) is 15.8. The van der Waals surface area contributed by atoms with Crippen LogP contribution in [-0.2, 0) is 33.3 Å². The highest BCUT2D eigenvalue weighted by atomic mass is 16.6. The number of nitrogens with two attached hydrogens (primary N) is 2. The van der Waals surface area contributed by atoms with Gasteiger partial charge >= 0.3 is 11.9 Å². The van der Waals surface area contributed by atoms with E-state index in [4.69, 9.17) is 35.2 Å². The van der Waals surface area contributed by atoms with Gasteiger partial charge < -0.3 is 35.2 Å². The van der Waals surface area contributed by atoms with E-state index < -0.39 is 24.0 Å². The molecule has 0 fully saturated rings. The van der Waals surface area contributed by atoms with Gasteiger partial charge in [0.25, 0.3) is 0 Å². The van der Waals surface area contributed by atoms with Crippen LogP contribution in [0.5, 0.6) is 0 Å². The molecule has 0 saturated carbocycles. The molecular weight excluding hydrogens is 356 g/mol. The van der Waals surface area contributed by atoms with Gasteiger partial charge in [0, 0.05) is 0 Å². The Balaban J connectivity index is 3.32. The van der Waals surface area contributed by atoms with Crippen molar-refractivity contribution < 1.29 is 33.3 Å². The SMILES string of the molecule is C=CCC(N)C(=O)OCCOCCOCCOCCOC(=O)C(N)CC=C. The van der Waals surface area contributed by atoms with Crippen LogP contribution in [-0.4, -0.2) is 76.9 Å². The summed E-state index contributed by atoms with van der Waals surface area (Å²) in [6, 6.07) is -1.36. The fraction of sp³-hybridized carbons (Fsp3) is 0.667. The lowest BCUT2D eigenvalue weighted by Crippen LogP contribution is -2.32. The molecule has 2 unspecified atom stereocenters. The first kappa shape index (κ1) is 25.2. The Morgan fingerprint density at radius 2 is 0.963 bits per heavy atom. The van der Waals surface area contributed by atoms with Gasteiger partial charge in [-0.05, 0) is 12.8 Å². The van der Waals surface area contributed by atoms with Gasteiger partial charge in [-0.2, -0.15) is 0 Å². The summed E-state index contributed by atoms with van der Waals surface area (Å²) in [5.41, 5.74) is 11.1. The maximum atomic E-state index is 11.4. The lowest BCUT2D eigenvalue weighted by atomic mass is 10.2. The van der Waals surface area contributed by atoms with Crippen molar-refractivity contribution >= 4 is 11.9 Å². The van der Waals surface area contributed by atoms with Crippen LogP contribution in [0.15, 0.2) is 25.3 Å². The monoisotopic (exact) mass is 388 g/mol. The third-order valence-corrected chi connectivity index (χ3v) is 3.13. The molecule has 0 rings (SSSR count). The number of carbonyl (C=O) groups excluding carboxylic acids is 2. The Bertz CT molecular complexity index is 394. The van der Waals surface area contributed by atoms with Crippen LogP contribution in [0.25, 0.3) is 0 Å². The molecule has 0 bridgehead atoms.